The monoisotopic (exact) mass is 1020 g/mol. The number of oxazole rings is 1. The van der Waals surface area contributed by atoms with E-state index < -0.39 is 115 Å². The minimum Gasteiger partial charge on any atom is -0.456 e. The molecule has 0 unspecified atom stereocenters. The fraction of sp³-hybridized carbons (Fsp3) is 0.722. The van der Waals surface area contributed by atoms with Crippen molar-refractivity contribution in [3.8, 4) is 0 Å². The molecule has 6 aliphatic rings. The highest BCUT2D eigenvalue weighted by Crippen LogP contribution is 2.67. The van der Waals surface area contributed by atoms with Gasteiger partial charge in [0.15, 0.2) is 24.4 Å². The minimum atomic E-state index is -3.01. The number of aromatic nitrogens is 1. The van der Waals surface area contributed by atoms with E-state index in [0.29, 0.717) is 30.5 Å². The molecule has 17 nitrogen and oxygen atoms in total. The number of nitrogens with zero attached hydrogens (tertiary/aromatic N) is 2. The van der Waals surface area contributed by atoms with E-state index in [1.54, 1.807) is 51.1 Å². The van der Waals surface area contributed by atoms with E-state index in [4.69, 9.17) is 42.0 Å². The van der Waals surface area contributed by atoms with Crippen LogP contribution in [0, 0.1) is 16.7 Å². The van der Waals surface area contributed by atoms with Crippen LogP contribution in [0.3, 0.4) is 0 Å². The van der Waals surface area contributed by atoms with Crippen LogP contribution in [0.15, 0.2) is 58.5 Å². The van der Waals surface area contributed by atoms with Gasteiger partial charge in [0.1, 0.15) is 47.4 Å². The smallest absolute Gasteiger partial charge is 0.408 e. The number of aliphatic hydroxyl groups is 1. The van der Waals surface area contributed by atoms with E-state index >= 15 is 4.79 Å². The van der Waals surface area contributed by atoms with E-state index in [9.17, 15) is 19.5 Å². The summed E-state index contributed by atoms with van der Waals surface area (Å²) in [5.41, 5.74) is -5.04. The van der Waals surface area contributed by atoms with Crippen LogP contribution in [-0.4, -0.2) is 133 Å². The Morgan fingerprint density at radius 1 is 0.972 bits per heavy atom. The molecule has 2 N–H and O–H groups in total. The van der Waals surface area contributed by atoms with Crippen LogP contribution in [0.25, 0.3) is 0 Å². The first-order valence-corrected chi connectivity index (χ1v) is 28.1. The van der Waals surface area contributed by atoms with Crippen molar-refractivity contribution in [2.75, 3.05) is 26.2 Å². The van der Waals surface area contributed by atoms with Crippen molar-refractivity contribution in [2.45, 2.75) is 205 Å². The molecule has 398 valence electrons. The lowest BCUT2D eigenvalue weighted by Gasteiger charge is -2.68. The third-order valence-electron chi connectivity index (χ3n) is 17.2. The number of nitrogens with one attached hydrogen (secondary N) is 1. The first-order valence-electron chi connectivity index (χ1n) is 26.0. The number of fused-ring (bicyclic) bond motifs is 8. The Morgan fingerprint density at radius 3 is 2.18 bits per heavy atom. The van der Waals surface area contributed by atoms with Gasteiger partial charge in [-0.2, -0.15) is 0 Å². The molecule has 8 rings (SSSR count). The molecule has 1 aromatic heterocycles. The molecule has 0 radical (unpaired) electrons. The molecule has 0 spiro atoms. The largest absolute Gasteiger partial charge is 0.456 e. The molecule has 3 aliphatic heterocycles. The van der Waals surface area contributed by atoms with Gasteiger partial charge < -0.3 is 52.4 Å². The lowest BCUT2D eigenvalue weighted by Crippen LogP contribution is -2.79. The summed E-state index contributed by atoms with van der Waals surface area (Å²) in [5.74, 6) is -2.87. The predicted molar refractivity (Wildman–Crippen MR) is 266 cm³/mol. The molecular formula is C54H79N3O14Si. The van der Waals surface area contributed by atoms with Crippen LogP contribution in [0.2, 0.25) is 16.6 Å². The fourth-order valence-electron chi connectivity index (χ4n) is 13.7. The highest BCUT2D eigenvalue weighted by molar-refractivity contribution is 6.77. The van der Waals surface area contributed by atoms with Crippen LogP contribution < -0.4 is 5.32 Å². The van der Waals surface area contributed by atoms with Gasteiger partial charge in [-0.15, -0.1) is 0 Å². The summed E-state index contributed by atoms with van der Waals surface area (Å²) in [6, 6.07) is 7.28. The van der Waals surface area contributed by atoms with Gasteiger partial charge in [0.2, 0.25) is 8.32 Å². The maximum absolute atomic E-state index is 15.8. The second-order valence-electron chi connectivity index (χ2n) is 23.9. The minimum absolute atomic E-state index is 0.00857. The zero-order valence-electron chi connectivity index (χ0n) is 44.8. The van der Waals surface area contributed by atoms with Crippen LogP contribution in [0.1, 0.15) is 145 Å². The second kappa shape index (κ2) is 19.8. The van der Waals surface area contributed by atoms with Gasteiger partial charge in [0.05, 0.1) is 30.4 Å². The number of ether oxygens (including phenoxy) is 7. The van der Waals surface area contributed by atoms with Crippen LogP contribution >= 0.6 is 0 Å². The Balaban J connectivity index is 1.32. The standard InChI is InChI=1S/C54H79N3O14Si/c1-30(2)72(31(3)4,32(5)6)71-43(41(37-26-55-29-64-37)56-49(61)70-50(9,10)11)48(60)65-36-25-54(62)46(68-47(59)35-19-16-15-17-20-35)44-52(14,22-21-38-53(44,28-63-38)69-34(8)58)45-42(40(33(36)7)51(54,12)13)66-39(67-45)27-57-23-18-24-57/h15-17,19-20,26,29-32,36,38-39,41-46,62H,18,21-25,27-28H2,1-14H3,(H,56,61)/t36-,38+,39+,41-,42+,43+,44-,45+,46-,52+,53-,54+/m0/s1. The van der Waals surface area contributed by atoms with Crippen molar-refractivity contribution >= 4 is 32.3 Å². The Kier molecular flexibility index (Phi) is 14.9. The summed E-state index contributed by atoms with van der Waals surface area (Å²) in [6.45, 7) is 29.1. The van der Waals surface area contributed by atoms with E-state index in [1.165, 1.54) is 19.5 Å². The topological polar surface area (TPSA) is 204 Å². The number of carbonyl (C=O) groups is 4. The van der Waals surface area contributed by atoms with E-state index in [0.717, 1.165) is 19.5 Å². The van der Waals surface area contributed by atoms with Crippen molar-refractivity contribution in [3.63, 3.8) is 0 Å². The molecule has 72 heavy (non-hydrogen) atoms. The Bertz CT molecular complexity index is 2330. The second-order valence-corrected chi connectivity index (χ2v) is 29.3. The predicted octanol–water partition coefficient (Wildman–Crippen LogP) is 8.36. The summed E-state index contributed by atoms with van der Waals surface area (Å²) in [6.07, 6.45) is -3.29. The maximum atomic E-state index is 15.8. The number of hydrogen-bond acceptors (Lipinski definition) is 16. The first kappa shape index (κ1) is 54.1. The molecule has 18 heteroatoms. The number of amides is 1. The average molecular weight is 1020 g/mol. The Morgan fingerprint density at radius 2 is 1.64 bits per heavy atom. The molecule has 3 saturated heterocycles. The molecule has 2 saturated carbocycles. The number of carbonyl (C=O) groups excluding carboxylic acids is 4. The fourth-order valence-corrected chi connectivity index (χ4v) is 19.2. The van der Waals surface area contributed by atoms with Gasteiger partial charge >= 0.3 is 24.0 Å². The van der Waals surface area contributed by atoms with Crippen molar-refractivity contribution in [2.24, 2.45) is 16.7 Å². The lowest BCUT2D eigenvalue weighted by molar-refractivity contribution is -0.345. The van der Waals surface area contributed by atoms with E-state index in [-0.39, 0.29) is 41.0 Å². The van der Waals surface area contributed by atoms with Crippen molar-refractivity contribution < 1.29 is 66.3 Å². The van der Waals surface area contributed by atoms with Crippen molar-refractivity contribution in [1.82, 2.24) is 15.2 Å². The molecule has 4 heterocycles. The normalized spacial score (nSPS) is 33.0. The van der Waals surface area contributed by atoms with E-state index in [2.05, 4.69) is 63.7 Å². The van der Waals surface area contributed by atoms with Gasteiger partial charge in [-0.05, 0) is 99.9 Å². The van der Waals surface area contributed by atoms with Crippen LogP contribution in [0.4, 0.5) is 4.79 Å². The molecule has 2 aromatic rings. The summed E-state index contributed by atoms with van der Waals surface area (Å²) in [7, 11) is -3.01. The molecule has 1 amide bonds. The Hall–Kier alpha value is -4.17. The van der Waals surface area contributed by atoms with Crippen molar-refractivity contribution in [1.29, 1.82) is 0 Å². The van der Waals surface area contributed by atoms with Crippen molar-refractivity contribution in [3.05, 3.63) is 65.4 Å². The van der Waals surface area contributed by atoms with Crippen LogP contribution in [-0.2, 0) is 47.2 Å². The molecule has 5 fully saturated rings. The summed E-state index contributed by atoms with van der Waals surface area (Å²) >= 11 is 0. The summed E-state index contributed by atoms with van der Waals surface area (Å²) < 4.78 is 59.7. The summed E-state index contributed by atoms with van der Waals surface area (Å²) in [5, 5.41) is 17.2. The molecule has 1 aromatic carbocycles. The number of alkyl carbamates (subject to hydrolysis) is 1. The van der Waals surface area contributed by atoms with Gasteiger partial charge in [-0.1, -0.05) is 80.5 Å². The number of esters is 3. The first-order chi connectivity index (χ1) is 33.7. The number of benzene rings is 1. The SMILES string of the molecule is CC(=O)O[C@@]12CO[C@@H]1CC[C@@]1(C)[C@@H]3O[C@H](CN4CCC4)O[C@@H]3C3=C(C)[C@@H](OC(=O)[C@H](O[Si](C(C)C)(C(C)C)C(C)C)[C@@H](NC(=O)OC(C)(C)C)c4cnco4)C[C@@](O)([C@@H](OC(=O)c4ccccc4)[C@@H]12)C3(C)C. The quantitative estimate of drug-likeness (QED) is 0.0745. The molecular weight excluding hydrogens is 943 g/mol. The van der Waals surface area contributed by atoms with Gasteiger partial charge in [-0.25, -0.2) is 19.4 Å². The molecule has 3 aliphatic carbocycles. The van der Waals surface area contributed by atoms with E-state index in [1.807, 2.05) is 20.8 Å². The number of rotatable bonds is 15. The third-order valence-corrected chi connectivity index (χ3v) is 23.2. The third kappa shape index (κ3) is 9.37. The zero-order chi connectivity index (χ0) is 52.5. The zero-order valence-corrected chi connectivity index (χ0v) is 45.8. The summed E-state index contributed by atoms with van der Waals surface area (Å²) in [4.78, 5) is 64.2. The lowest BCUT2D eigenvalue weighted by atomic mass is 9.45. The maximum Gasteiger partial charge on any atom is 0.408 e. The Labute approximate surface area is 425 Å². The van der Waals surface area contributed by atoms with Gasteiger partial charge in [0.25, 0.3) is 0 Å². The molecule has 2 bridgehead atoms. The average Bonchev–Trinajstić information content (AvgIpc) is 3.95. The van der Waals surface area contributed by atoms with Gasteiger partial charge in [-0.3, -0.25) is 9.69 Å². The van der Waals surface area contributed by atoms with Crippen LogP contribution in [0.5, 0.6) is 0 Å². The number of hydrogen-bond donors (Lipinski definition) is 2. The van der Waals surface area contributed by atoms with Gasteiger partial charge in [0, 0.05) is 30.7 Å². The molecule has 12 atom stereocenters. The number of likely N-dealkylation sites (tertiary alicyclic amines) is 1. The highest BCUT2D eigenvalue weighted by atomic mass is 28.4. The highest BCUT2D eigenvalue weighted by Gasteiger charge is 2.77.